The Bertz CT molecular complexity index is 977. The van der Waals surface area contributed by atoms with Gasteiger partial charge in [-0.15, -0.1) is 0 Å². The van der Waals surface area contributed by atoms with E-state index in [9.17, 15) is 14.7 Å². The summed E-state index contributed by atoms with van der Waals surface area (Å²) in [6, 6.07) is 0. The number of carbonyl (C=O) groups is 2. The summed E-state index contributed by atoms with van der Waals surface area (Å²) in [7, 11) is 3.29. The molecule has 4 aliphatic carbocycles. The van der Waals surface area contributed by atoms with Crippen LogP contribution in [-0.2, 0) is 16.1 Å². The van der Waals surface area contributed by atoms with E-state index in [1.54, 1.807) is 25.0 Å². The fourth-order valence-electron chi connectivity index (χ4n) is 9.23. The normalized spacial score (nSPS) is 42.6. The zero-order valence-corrected chi connectivity index (χ0v) is 21.9. The summed E-state index contributed by atoms with van der Waals surface area (Å²) in [6.45, 7) is 5.58. The molecule has 2 N–H and O–H groups in total. The summed E-state index contributed by atoms with van der Waals surface area (Å²) < 4.78 is 6.99. The predicted molar refractivity (Wildman–Crippen MR) is 133 cm³/mol. The highest BCUT2D eigenvalue weighted by Gasteiger charge is 2.62. The number of amides is 1. The van der Waals surface area contributed by atoms with Crippen LogP contribution in [-0.4, -0.2) is 52.9 Å². The minimum Gasteiger partial charge on any atom is -0.387 e. The molecule has 0 radical (unpaired) electrons. The lowest BCUT2D eigenvalue weighted by molar-refractivity contribution is -0.164. The Labute approximate surface area is 209 Å². The van der Waals surface area contributed by atoms with Crippen molar-refractivity contribution < 1.29 is 19.4 Å². The second-order valence-electron chi connectivity index (χ2n) is 12.7. The largest absolute Gasteiger partial charge is 0.387 e. The summed E-state index contributed by atoms with van der Waals surface area (Å²) in [5, 5.41) is 18.0. The molecule has 0 spiro atoms. The number of aliphatic hydroxyl groups is 1. The van der Waals surface area contributed by atoms with Crippen molar-refractivity contribution in [2.24, 2.45) is 40.4 Å². The average Bonchev–Trinajstić information content (AvgIpc) is 3.43. The molecule has 4 saturated carbocycles. The van der Waals surface area contributed by atoms with E-state index in [4.69, 9.17) is 4.74 Å². The molecule has 4 fully saturated rings. The maximum atomic E-state index is 13.5. The van der Waals surface area contributed by atoms with Crippen molar-refractivity contribution in [2.75, 3.05) is 20.8 Å². The molecule has 1 unspecified atom stereocenters. The lowest BCUT2D eigenvalue weighted by Crippen LogP contribution is -2.56. The van der Waals surface area contributed by atoms with E-state index in [1.165, 1.54) is 25.5 Å². The van der Waals surface area contributed by atoms with Crippen LogP contribution < -0.4 is 5.32 Å². The number of rotatable bonds is 6. The number of ether oxygens (including phenoxy) is 1. The third-order valence-corrected chi connectivity index (χ3v) is 11.1. The van der Waals surface area contributed by atoms with Crippen LogP contribution in [0.25, 0.3) is 0 Å². The number of ketones is 1. The van der Waals surface area contributed by atoms with Crippen LogP contribution in [0.1, 0.15) is 82.0 Å². The highest BCUT2D eigenvalue weighted by molar-refractivity contribution is 5.93. The maximum Gasteiger partial charge on any atom is 0.254 e. The fourth-order valence-corrected chi connectivity index (χ4v) is 9.23. The van der Waals surface area contributed by atoms with Gasteiger partial charge >= 0.3 is 0 Å². The van der Waals surface area contributed by atoms with Gasteiger partial charge in [-0.3, -0.25) is 14.3 Å². The Balaban J connectivity index is 1.29. The van der Waals surface area contributed by atoms with E-state index in [0.29, 0.717) is 35.8 Å². The van der Waals surface area contributed by atoms with Crippen LogP contribution in [0.3, 0.4) is 0 Å². The third-order valence-electron chi connectivity index (χ3n) is 11.1. The zero-order chi connectivity index (χ0) is 25.0. The van der Waals surface area contributed by atoms with E-state index < -0.39 is 5.60 Å². The molecule has 1 aromatic rings. The summed E-state index contributed by atoms with van der Waals surface area (Å²) in [6.07, 6.45) is 12.8. The van der Waals surface area contributed by atoms with Crippen LogP contribution in [0.2, 0.25) is 0 Å². The van der Waals surface area contributed by atoms with Gasteiger partial charge in [0.2, 0.25) is 0 Å². The molecule has 0 aromatic carbocycles. The quantitative estimate of drug-likeness (QED) is 0.638. The number of aromatic nitrogens is 2. The number of nitrogens with one attached hydrogen (secondary N) is 1. The predicted octanol–water partition coefficient (Wildman–Crippen LogP) is 3.85. The molecule has 0 aliphatic heterocycles. The monoisotopic (exact) mass is 485 g/mol. The van der Waals surface area contributed by atoms with Crippen LogP contribution in [0, 0.1) is 40.4 Å². The van der Waals surface area contributed by atoms with Gasteiger partial charge in [0.05, 0.1) is 30.5 Å². The lowest BCUT2D eigenvalue weighted by atomic mass is 9.44. The van der Waals surface area contributed by atoms with Gasteiger partial charge in [0.15, 0.2) is 5.78 Å². The van der Waals surface area contributed by atoms with Crippen molar-refractivity contribution in [3.63, 3.8) is 0 Å². The molecular formula is C28H43N3O4. The van der Waals surface area contributed by atoms with Crippen molar-refractivity contribution in [3.05, 3.63) is 18.0 Å². The second kappa shape index (κ2) is 8.98. The Morgan fingerprint density at radius 1 is 1.11 bits per heavy atom. The summed E-state index contributed by atoms with van der Waals surface area (Å²) >= 11 is 0. The van der Waals surface area contributed by atoms with Crippen LogP contribution in [0.4, 0.5) is 0 Å². The van der Waals surface area contributed by atoms with Crippen LogP contribution in [0.5, 0.6) is 0 Å². The Morgan fingerprint density at radius 3 is 2.63 bits per heavy atom. The van der Waals surface area contributed by atoms with Crippen LogP contribution in [0.15, 0.2) is 12.4 Å². The minimum absolute atomic E-state index is 0.0592. The number of hydrogen-bond donors (Lipinski definition) is 2. The highest BCUT2D eigenvalue weighted by atomic mass is 16.5. The first-order valence-electron chi connectivity index (χ1n) is 13.6. The van der Waals surface area contributed by atoms with E-state index in [2.05, 4.69) is 24.3 Å². The SMILES string of the molecule is CNC(=O)c1cnn(CC(=O)[C@H]2CC[C@H]3C4CC[C@H]5C[C@@](O)(COC)CC[C@]5(C)[C@H]4CC[C@]23C)c1. The molecule has 1 heterocycles. The van der Waals surface area contributed by atoms with Gasteiger partial charge in [-0.2, -0.15) is 5.10 Å². The fraction of sp³-hybridized carbons (Fsp3) is 0.821. The molecule has 1 aromatic heterocycles. The molecule has 8 atom stereocenters. The van der Waals surface area contributed by atoms with Gasteiger partial charge in [0.1, 0.15) is 0 Å². The Kier molecular flexibility index (Phi) is 6.40. The Hall–Kier alpha value is -1.73. The molecule has 0 bridgehead atoms. The molecule has 4 aliphatic rings. The first-order chi connectivity index (χ1) is 16.6. The third kappa shape index (κ3) is 4.07. The zero-order valence-electron chi connectivity index (χ0n) is 21.9. The number of carbonyl (C=O) groups excluding carboxylic acids is 2. The van der Waals surface area contributed by atoms with Gasteiger partial charge in [-0.1, -0.05) is 13.8 Å². The molecule has 5 rings (SSSR count). The first-order valence-corrected chi connectivity index (χ1v) is 13.6. The molecule has 7 heteroatoms. The maximum absolute atomic E-state index is 13.5. The average molecular weight is 486 g/mol. The second-order valence-corrected chi connectivity index (χ2v) is 12.7. The number of methoxy groups -OCH3 is 1. The van der Waals surface area contributed by atoms with E-state index >= 15 is 0 Å². The van der Waals surface area contributed by atoms with E-state index in [1.807, 2.05) is 0 Å². The summed E-state index contributed by atoms with van der Waals surface area (Å²) in [5.41, 5.74) is 0.178. The molecule has 35 heavy (non-hydrogen) atoms. The van der Waals surface area contributed by atoms with Gasteiger partial charge in [0.25, 0.3) is 5.91 Å². The number of hydrogen-bond acceptors (Lipinski definition) is 5. The van der Waals surface area contributed by atoms with Crippen molar-refractivity contribution in [1.29, 1.82) is 0 Å². The van der Waals surface area contributed by atoms with Crippen molar-refractivity contribution in [3.8, 4) is 0 Å². The number of Topliss-reactive ketones (excluding diaryl/α,β-unsaturated/α-hetero) is 1. The van der Waals surface area contributed by atoms with Crippen molar-refractivity contribution >= 4 is 11.7 Å². The molecule has 0 saturated heterocycles. The van der Waals surface area contributed by atoms with Gasteiger partial charge in [-0.25, -0.2) is 0 Å². The van der Waals surface area contributed by atoms with Crippen LogP contribution >= 0.6 is 0 Å². The van der Waals surface area contributed by atoms with Crippen molar-refractivity contribution in [2.45, 2.75) is 83.8 Å². The Morgan fingerprint density at radius 2 is 1.89 bits per heavy atom. The van der Waals surface area contributed by atoms with E-state index in [-0.39, 0.29) is 35.0 Å². The smallest absolute Gasteiger partial charge is 0.254 e. The molecule has 1 amide bonds. The highest BCUT2D eigenvalue weighted by Crippen LogP contribution is 2.68. The standard InChI is InChI=1S/C28H43N3O4/c1-26-11-12-28(34,17-35-4)13-19(26)5-6-20-21-7-8-23(27(21,2)10-9-22(20)26)24(32)16-31-15-18(14-30-31)25(33)29-3/h14-15,19-23,34H,5-13,16-17H2,1-4H3,(H,29,33)/t19-,20?,21-,22-,23+,26-,27-,28+/m0/s1. The molecule has 194 valence electrons. The number of fused-ring (bicyclic) bond motifs is 5. The molecule has 7 nitrogen and oxygen atoms in total. The van der Waals surface area contributed by atoms with Crippen molar-refractivity contribution in [1.82, 2.24) is 15.1 Å². The first kappa shape index (κ1) is 24.9. The van der Waals surface area contributed by atoms with Gasteiger partial charge in [-0.05, 0) is 92.3 Å². The minimum atomic E-state index is -0.663. The molecular weight excluding hydrogens is 442 g/mol. The topological polar surface area (TPSA) is 93.5 Å². The number of nitrogens with zero attached hydrogens (tertiary/aromatic N) is 2. The summed E-state index contributed by atoms with van der Waals surface area (Å²) in [4.78, 5) is 25.4. The lowest BCUT2D eigenvalue weighted by Gasteiger charge is -2.62. The van der Waals surface area contributed by atoms with Gasteiger partial charge < -0.3 is 15.2 Å². The van der Waals surface area contributed by atoms with E-state index in [0.717, 1.165) is 38.5 Å². The summed E-state index contributed by atoms with van der Waals surface area (Å²) in [5.74, 6) is 2.71. The van der Waals surface area contributed by atoms with Gasteiger partial charge in [0, 0.05) is 26.3 Å².